The fourth-order valence-corrected chi connectivity index (χ4v) is 4.04. The predicted octanol–water partition coefficient (Wildman–Crippen LogP) is 4.09. The van der Waals surface area contributed by atoms with Crippen molar-refractivity contribution in [2.45, 2.75) is 31.3 Å². The van der Waals surface area contributed by atoms with E-state index in [2.05, 4.69) is 18.0 Å². The summed E-state index contributed by atoms with van der Waals surface area (Å²) in [5, 5.41) is 0. The number of hydrogen-bond acceptors (Lipinski definition) is 3. The molecule has 2 aliphatic rings. The summed E-state index contributed by atoms with van der Waals surface area (Å²) in [6, 6.07) is 18.2. The summed E-state index contributed by atoms with van der Waals surface area (Å²) in [6.45, 7) is 0. The van der Waals surface area contributed by atoms with Gasteiger partial charge < -0.3 is 4.74 Å². The average molecular weight is 348 g/mol. The molecular weight excluding hydrogens is 324 g/mol. The third-order valence-electron chi connectivity index (χ3n) is 5.57. The first kappa shape index (κ1) is 16.9. The van der Waals surface area contributed by atoms with E-state index in [1.165, 1.54) is 12.8 Å². The molecule has 2 heterocycles. The first-order chi connectivity index (χ1) is 12.7. The third kappa shape index (κ3) is 3.01. The van der Waals surface area contributed by atoms with Crippen LogP contribution < -0.4 is 9.64 Å². The molecule has 1 saturated heterocycles. The lowest BCUT2D eigenvalue weighted by Crippen LogP contribution is -2.40. The zero-order chi connectivity index (χ0) is 18.1. The highest BCUT2D eigenvalue weighted by Gasteiger charge is 2.37. The number of ether oxygens (including phenoxy) is 1. The normalized spacial score (nSPS) is 22.0. The van der Waals surface area contributed by atoms with Crippen LogP contribution >= 0.6 is 0 Å². The molecule has 2 aliphatic heterocycles. The monoisotopic (exact) mass is 348 g/mol. The van der Waals surface area contributed by atoms with Gasteiger partial charge in [-0.25, -0.2) is 0 Å². The van der Waals surface area contributed by atoms with Crippen molar-refractivity contribution < 1.29 is 9.53 Å². The van der Waals surface area contributed by atoms with Crippen LogP contribution in [-0.2, 0) is 0 Å². The van der Waals surface area contributed by atoms with Crippen LogP contribution in [0.2, 0.25) is 0 Å². The summed E-state index contributed by atoms with van der Waals surface area (Å²) in [4.78, 5) is 17.7. The number of rotatable bonds is 4. The van der Waals surface area contributed by atoms with Gasteiger partial charge in [0.2, 0.25) is 0 Å². The fourth-order valence-electron chi connectivity index (χ4n) is 4.04. The molecule has 0 aliphatic carbocycles. The van der Waals surface area contributed by atoms with E-state index in [0.717, 1.165) is 23.6 Å². The second-order valence-corrected chi connectivity index (χ2v) is 7.03. The number of carbonyl (C=O) groups is 1. The first-order valence-electron chi connectivity index (χ1n) is 9.13. The van der Waals surface area contributed by atoms with Crippen LogP contribution in [0.5, 0.6) is 5.75 Å². The van der Waals surface area contributed by atoms with Crippen LogP contribution in [0.1, 0.15) is 29.6 Å². The van der Waals surface area contributed by atoms with Gasteiger partial charge >= 0.3 is 0 Å². The van der Waals surface area contributed by atoms with Gasteiger partial charge in [-0.2, -0.15) is 0 Å². The number of benzene rings is 2. The van der Waals surface area contributed by atoms with Crippen LogP contribution in [-0.4, -0.2) is 37.0 Å². The number of methoxy groups -OCH3 is 1. The molecule has 0 aromatic heterocycles. The van der Waals surface area contributed by atoms with E-state index in [4.69, 9.17) is 4.74 Å². The highest BCUT2D eigenvalue weighted by Crippen LogP contribution is 2.37. The summed E-state index contributed by atoms with van der Waals surface area (Å²) >= 11 is 0. The Morgan fingerprint density at radius 1 is 1.08 bits per heavy atom. The predicted molar refractivity (Wildman–Crippen MR) is 104 cm³/mol. The molecule has 1 amide bonds. The van der Waals surface area contributed by atoms with Crippen molar-refractivity contribution in [3.63, 3.8) is 0 Å². The first-order valence-corrected chi connectivity index (χ1v) is 9.13. The molecule has 0 spiro atoms. The van der Waals surface area contributed by atoms with Gasteiger partial charge in [-0.3, -0.25) is 14.6 Å². The summed E-state index contributed by atoms with van der Waals surface area (Å²) < 4.78 is 5.27. The van der Waals surface area contributed by atoms with Gasteiger partial charge in [0.15, 0.2) is 0 Å². The zero-order valence-corrected chi connectivity index (χ0v) is 15.3. The number of anilines is 1. The minimum atomic E-state index is 0.0194. The number of amides is 1. The van der Waals surface area contributed by atoms with E-state index in [9.17, 15) is 4.79 Å². The van der Waals surface area contributed by atoms with Gasteiger partial charge in [0.05, 0.1) is 7.11 Å². The van der Waals surface area contributed by atoms with Crippen molar-refractivity contribution in [2.75, 3.05) is 19.1 Å². The molecule has 0 unspecified atom stereocenters. The van der Waals surface area contributed by atoms with Crippen LogP contribution in [0.4, 0.5) is 5.69 Å². The van der Waals surface area contributed by atoms with Crippen molar-refractivity contribution in [2.24, 2.45) is 0 Å². The maximum Gasteiger partial charge on any atom is 0.262 e. The Labute approximate surface area is 154 Å². The van der Waals surface area contributed by atoms with E-state index >= 15 is 0 Å². The molecule has 1 fully saturated rings. The van der Waals surface area contributed by atoms with E-state index in [0.29, 0.717) is 17.6 Å². The lowest BCUT2D eigenvalue weighted by atomic mass is 10.0. The van der Waals surface area contributed by atoms with Crippen molar-refractivity contribution in [1.29, 1.82) is 0 Å². The van der Waals surface area contributed by atoms with Gasteiger partial charge in [-0.1, -0.05) is 18.2 Å². The van der Waals surface area contributed by atoms with Gasteiger partial charge in [-0.05, 0) is 62.4 Å². The Balaban J connectivity index is 1.74. The minimum Gasteiger partial charge on any atom is -0.497 e. The van der Waals surface area contributed by atoms with Gasteiger partial charge in [0.25, 0.3) is 5.91 Å². The summed E-state index contributed by atoms with van der Waals surface area (Å²) in [6.07, 6.45) is 5.53. The summed E-state index contributed by atoms with van der Waals surface area (Å²) in [5.74, 6) is 0.809. The molecule has 0 N–H and O–H groups in total. The smallest absolute Gasteiger partial charge is 0.262 e. The molecule has 26 heavy (non-hydrogen) atoms. The Morgan fingerprint density at radius 2 is 1.81 bits per heavy atom. The quantitative estimate of drug-likeness (QED) is 0.834. The van der Waals surface area contributed by atoms with Crippen LogP contribution in [0.25, 0.3) is 0 Å². The molecule has 4 nitrogen and oxygen atoms in total. The molecule has 2 aromatic rings. The van der Waals surface area contributed by atoms with Crippen LogP contribution in [0.15, 0.2) is 66.4 Å². The minimum absolute atomic E-state index is 0.0194. The molecule has 4 rings (SSSR count). The molecule has 0 radical (unpaired) electrons. The van der Waals surface area contributed by atoms with Gasteiger partial charge in [-0.15, -0.1) is 0 Å². The Morgan fingerprint density at radius 3 is 2.46 bits per heavy atom. The second-order valence-electron chi connectivity index (χ2n) is 7.03. The Kier molecular flexibility index (Phi) is 4.51. The largest absolute Gasteiger partial charge is 0.497 e. The van der Waals surface area contributed by atoms with Crippen molar-refractivity contribution >= 4 is 11.6 Å². The standard InChI is InChI=1S/C22H24N2O2/c1-23-18-8-9-19(23)15-20(14-18)24(17-10-12-21(26-2)13-11-17)22(25)16-6-4-3-5-7-16/h3-7,10-14,18-19H,8-9,15H2,1-2H3/t18-,19-/m1/s1. The average Bonchev–Trinajstić information content (AvgIpc) is 2.90. The number of nitrogens with zero attached hydrogens (tertiary/aromatic N) is 2. The Hall–Kier alpha value is -2.59. The van der Waals surface area contributed by atoms with E-state index in [-0.39, 0.29) is 5.91 Å². The topological polar surface area (TPSA) is 32.8 Å². The third-order valence-corrected chi connectivity index (χ3v) is 5.57. The molecule has 4 heteroatoms. The van der Waals surface area contributed by atoms with Crippen molar-refractivity contribution in [3.05, 3.63) is 71.9 Å². The molecule has 134 valence electrons. The maximum absolute atomic E-state index is 13.4. The van der Waals surface area contributed by atoms with Gasteiger partial charge in [0, 0.05) is 35.5 Å². The van der Waals surface area contributed by atoms with Crippen molar-refractivity contribution in [1.82, 2.24) is 4.90 Å². The number of carbonyl (C=O) groups excluding carboxylic acids is 1. The van der Waals surface area contributed by atoms with Crippen LogP contribution in [0, 0.1) is 0 Å². The lowest BCUT2D eigenvalue weighted by Gasteiger charge is -2.35. The molecular formula is C22H24N2O2. The molecule has 2 bridgehead atoms. The highest BCUT2D eigenvalue weighted by atomic mass is 16.5. The number of fused-ring (bicyclic) bond motifs is 2. The molecule has 2 atom stereocenters. The lowest BCUT2D eigenvalue weighted by molar-refractivity contribution is 0.0991. The van der Waals surface area contributed by atoms with Crippen LogP contribution in [0.3, 0.4) is 0 Å². The number of likely N-dealkylation sites (N-methyl/N-ethyl adjacent to an activating group) is 1. The summed E-state index contributed by atoms with van der Waals surface area (Å²) in [7, 11) is 3.84. The van der Waals surface area contributed by atoms with E-state index in [1.807, 2.05) is 59.5 Å². The van der Waals surface area contributed by atoms with E-state index < -0.39 is 0 Å². The SMILES string of the molecule is COc1ccc(N(C(=O)c2ccccc2)C2=C[C@H]3CC[C@H](C2)N3C)cc1. The fraction of sp³-hybridized carbons (Fsp3) is 0.318. The van der Waals surface area contributed by atoms with E-state index in [1.54, 1.807) is 7.11 Å². The summed E-state index contributed by atoms with van der Waals surface area (Å²) in [5.41, 5.74) is 2.69. The highest BCUT2D eigenvalue weighted by molar-refractivity contribution is 6.08. The maximum atomic E-state index is 13.4. The molecule has 0 saturated carbocycles. The number of hydrogen-bond donors (Lipinski definition) is 0. The Bertz CT molecular complexity index is 814. The van der Waals surface area contributed by atoms with Gasteiger partial charge in [0.1, 0.15) is 5.75 Å². The molecule has 2 aromatic carbocycles. The van der Waals surface area contributed by atoms with Crippen molar-refractivity contribution in [3.8, 4) is 5.75 Å². The second kappa shape index (κ2) is 6.96. The zero-order valence-electron chi connectivity index (χ0n) is 15.3.